The molecule has 0 heterocycles. The van der Waals surface area contributed by atoms with E-state index in [0.29, 0.717) is 11.4 Å². The Bertz CT molecular complexity index is 337. The normalized spacial score (nSPS) is 14.9. The van der Waals surface area contributed by atoms with E-state index in [4.69, 9.17) is 11.6 Å². The summed E-state index contributed by atoms with van der Waals surface area (Å²) in [5, 5.41) is 20.7. The fourth-order valence-corrected chi connectivity index (χ4v) is 2.31. The number of aliphatic hydroxyl groups excluding tert-OH is 2. The molecule has 0 spiro atoms. The highest BCUT2D eigenvalue weighted by molar-refractivity contribution is 6.31. The first-order valence-corrected chi connectivity index (χ1v) is 6.57. The van der Waals surface area contributed by atoms with Gasteiger partial charge in [-0.15, -0.1) is 0 Å². The van der Waals surface area contributed by atoms with Gasteiger partial charge in [0.15, 0.2) is 0 Å². The van der Waals surface area contributed by atoms with Crippen molar-refractivity contribution in [1.82, 2.24) is 0 Å². The minimum Gasteiger partial charge on any atom is -0.390 e. The molecule has 0 aliphatic carbocycles. The minimum atomic E-state index is -0.750. The average Bonchev–Trinajstić information content (AvgIpc) is 2.33. The molecule has 1 rings (SSSR count). The van der Waals surface area contributed by atoms with E-state index in [1.807, 2.05) is 32.0 Å². The Morgan fingerprint density at radius 3 is 2.24 bits per heavy atom. The van der Waals surface area contributed by atoms with Gasteiger partial charge in [-0.2, -0.15) is 0 Å². The van der Waals surface area contributed by atoms with Gasteiger partial charge in [-0.3, -0.25) is 0 Å². The monoisotopic (exact) mass is 256 g/mol. The van der Waals surface area contributed by atoms with E-state index in [-0.39, 0.29) is 5.92 Å². The molecule has 0 radical (unpaired) electrons. The van der Waals surface area contributed by atoms with Gasteiger partial charge in [-0.05, 0) is 17.5 Å². The predicted molar refractivity (Wildman–Crippen MR) is 71.2 cm³/mol. The SMILES string of the molecule is CCC(CC)C(O)C(O)Cc1ccccc1Cl. The van der Waals surface area contributed by atoms with E-state index in [0.717, 1.165) is 18.4 Å². The minimum absolute atomic E-state index is 0.146. The zero-order valence-corrected chi connectivity index (χ0v) is 11.2. The summed E-state index contributed by atoms with van der Waals surface area (Å²) in [6.07, 6.45) is 0.715. The molecule has 3 heteroatoms. The van der Waals surface area contributed by atoms with Crippen LogP contribution in [0.3, 0.4) is 0 Å². The number of halogens is 1. The molecule has 1 aromatic carbocycles. The highest BCUT2D eigenvalue weighted by atomic mass is 35.5. The number of rotatable bonds is 6. The second-order valence-electron chi connectivity index (χ2n) is 4.43. The lowest BCUT2D eigenvalue weighted by molar-refractivity contribution is -0.0187. The molecule has 0 aromatic heterocycles. The van der Waals surface area contributed by atoms with Gasteiger partial charge in [-0.1, -0.05) is 56.5 Å². The molecule has 96 valence electrons. The Morgan fingerprint density at radius 1 is 1.12 bits per heavy atom. The quantitative estimate of drug-likeness (QED) is 0.821. The standard InChI is InChI=1S/C14H21ClO2/c1-3-10(4-2)14(17)13(16)9-11-7-5-6-8-12(11)15/h5-8,10,13-14,16-17H,3-4,9H2,1-2H3. The number of aliphatic hydroxyl groups is 2. The van der Waals surface area contributed by atoms with Gasteiger partial charge in [-0.25, -0.2) is 0 Å². The van der Waals surface area contributed by atoms with Gasteiger partial charge < -0.3 is 10.2 Å². The van der Waals surface area contributed by atoms with Crippen LogP contribution in [0.5, 0.6) is 0 Å². The summed E-state index contributed by atoms with van der Waals surface area (Å²) in [5.41, 5.74) is 0.881. The zero-order valence-electron chi connectivity index (χ0n) is 10.4. The van der Waals surface area contributed by atoms with Crippen molar-refractivity contribution in [2.45, 2.75) is 45.3 Å². The van der Waals surface area contributed by atoms with Crippen molar-refractivity contribution in [2.75, 3.05) is 0 Å². The highest BCUT2D eigenvalue weighted by Crippen LogP contribution is 2.21. The van der Waals surface area contributed by atoms with Crippen LogP contribution in [0, 0.1) is 5.92 Å². The topological polar surface area (TPSA) is 40.5 Å². The summed E-state index contributed by atoms with van der Waals surface area (Å²) in [5.74, 6) is 0.146. The molecule has 17 heavy (non-hydrogen) atoms. The number of hydrogen-bond acceptors (Lipinski definition) is 2. The Labute approximate surface area is 108 Å². The Hall–Kier alpha value is -0.570. The molecule has 0 fully saturated rings. The second kappa shape index (κ2) is 7.00. The van der Waals surface area contributed by atoms with Gasteiger partial charge in [0.1, 0.15) is 0 Å². The van der Waals surface area contributed by atoms with Crippen LogP contribution < -0.4 is 0 Å². The maximum absolute atomic E-state index is 10.0. The smallest absolute Gasteiger partial charge is 0.0842 e. The van der Waals surface area contributed by atoms with E-state index in [2.05, 4.69) is 0 Å². The molecule has 2 atom stereocenters. The molecule has 0 saturated carbocycles. The van der Waals surface area contributed by atoms with Crippen LogP contribution in [0.4, 0.5) is 0 Å². The van der Waals surface area contributed by atoms with E-state index >= 15 is 0 Å². The van der Waals surface area contributed by atoms with Gasteiger partial charge in [0.05, 0.1) is 12.2 Å². The van der Waals surface area contributed by atoms with E-state index in [9.17, 15) is 10.2 Å². The highest BCUT2D eigenvalue weighted by Gasteiger charge is 2.24. The first-order chi connectivity index (χ1) is 8.10. The largest absolute Gasteiger partial charge is 0.390 e. The Kier molecular flexibility index (Phi) is 5.96. The molecule has 2 N–H and O–H groups in total. The van der Waals surface area contributed by atoms with Gasteiger partial charge in [0, 0.05) is 11.4 Å². The molecule has 0 bridgehead atoms. The van der Waals surface area contributed by atoms with E-state index in [1.54, 1.807) is 6.07 Å². The van der Waals surface area contributed by atoms with Crippen LogP contribution in [0.25, 0.3) is 0 Å². The molecule has 2 nitrogen and oxygen atoms in total. The van der Waals surface area contributed by atoms with Crippen LogP contribution in [-0.4, -0.2) is 22.4 Å². The lowest BCUT2D eigenvalue weighted by atomic mass is 9.90. The summed E-state index contributed by atoms with van der Waals surface area (Å²) in [6.45, 7) is 4.05. The fraction of sp³-hybridized carbons (Fsp3) is 0.571. The molecular formula is C14H21ClO2. The lowest BCUT2D eigenvalue weighted by Gasteiger charge is -2.25. The number of benzene rings is 1. The van der Waals surface area contributed by atoms with Crippen molar-refractivity contribution in [3.05, 3.63) is 34.9 Å². The van der Waals surface area contributed by atoms with Crippen molar-refractivity contribution in [3.63, 3.8) is 0 Å². The van der Waals surface area contributed by atoms with Crippen LogP contribution in [0.2, 0.25) is 5.02 Å². The zero-order chi connectivity index (χ0) is 12.8. The molecule has 1 aromatic rings. The summed E-state index contributed by atoms with van der Waals surface area (Å²) in [4.78, 5) is 0. The third-order valence-electron chi connectivity index (χ3n) is 3.31. The van der Waals surface area contributed by atoms with Gasteiger partial charge >= 0.3 is 0 Å². The summed E-state index contributed by atoms with van der Waals surface area (Å²) < 4.78 is 0. The molecule has 0 amide bonds. The Morgan fingerprint density at radius 2 is 1.71 bits per heavy atom. The van der Waals surface area contributed by atoms with E-state index < -0.39 is 12.2 Å². The maximum Gasteiger partial charge on any atom is 0.0842 e. The van der Waals surface area contributed by atoms with Crippen LogP contribution in [0.1, 0.15) is 32.3 Å². The first-order valence-electron chi connectivity index (χ1n) is 6.19. The van der Waals surface area contributed by atoms with Crippen molar-refractivity contribution < 1.29 is 10.2 Å². The molecule has 0 aliphatic rings. The maximum atomic E-state index is 10.0. The molecule has 0 aliphatic heterocycles. The Balaban J connectivity index is 2.65. The van der Waals surface area contributed by atoms with E-state index in [1.165, 1.54) is 0 Å². The van der Waals surface area contributed by atoms with Crippen LogP contribution in [-0.2, 0) is 6.42 Å². The summed E-state index contributed by atoms with van der Waals surface area (Å²) in [7, 11) is 0. The first kappa shape index (κ1) is 14.5. The third kappa shape index (κ3) is 3.98. The summed E-state index contributed by atoms with van der Waals surface area (Å²) in [6, 6.07) is 7.42. The van der Waals surface area contributed by atoms with Gasteiger partial charge in [0.2, 0.25) is 0 Å². The molecule has 0 saturated heterocycles. The summed E-state index contributed by atoms with van der Waals surface area (Å²) >= 11 is 6.03. The van der Waals surface area contributed by atoms with Crippen molar-refractivity contribution in [3.8, 4) is 0 Å². The number of hydrogen-bond donors (Lipinski definition) is 2. The van der Waals surface area contributed by atoms with Crippen molar-refractivity contribution in [2.24, 2.45) is 5.92 Å². The average molecular weight is 257 g/mol. The van der Waals surface area contributed by atoms with Crippen LogP contribution >= 0.6 is 11.6 Å². The van der Waals surface area contributed by atoms with Crippen LogP contribution in [0.15, 0.2) is 24.3 Å². The van der Waals surface area contributed by atoms with Crippen molar-refractivity contribution >= 4 is 11.6 Å². The van der Waals surface area contributed by atoms with Gasteiger partial charge in [0.25, 0.3) is 0 Å². The lowest BCUT2D eigenvalue weighted by Crippen LogP contribution is -2.34. The second-order valence-corrected chi connectivity index (χ2v) is 4.84. The fourth-order valence-electron chi connectivity index (χ4n) is 2.10. The third-order valence-corrected chi connectivity index (χ3v) is 3.68. The van der Waals surface area contributed by atoms with Crippen molar-refractivity contribution in [1.29, 1.82) is 0 Å². The molecule has 2 unspecified atom stereocenters. The predicted octanol–water partition coefficient (Wildman–Crippen LogP) is 3.04. The molecular weight excluding hydrogens is 236 g/mol.